The van der Waals surface area contributed by atoms with E-state index in [4.69, 9.17) is 0 Å². The molecule has 0 aliphatic carbocycles. The van der Waals surface area contributed by atoms with Gasteiger partial charge in [0.2, 0.25) is 17.8 Å². The second-order valence-corrected chi connectivity index (χ2v) is 5.57. The Labute approximate surface area is 126 Å². The van der Waals surface area contributed by atoms with E-state index in [1.807, 2.05) is 11.9 Å². The van der Waals surface area contributed by atoms with Gasteiger partial charge in [-0.3, -0.25) is 0 Å². The third kappa shape index (κ3) is 3.93. The number of aromatic nitrogens is 3. The smallest absolute Gasteiger partial charge is 0.232 e. The average Bonchev–Trinajstić information content (AvgIpc) is 2.52. The summed E-state index contributed by atoms with van der Waals surface area (Å²) in [4.78, 5) is 17.8. The molecule has 7 nitrogen and oxygen atoms in total. The second kappa shape index (κ2) is 7.40. The van der Waals surface area contributed by atoms with Gasteiger partial charge in [0.1, 0.15) is 0 Å². The first kappa shape index (κ1) is 15.8. The third-order valence-corrected chi connectivity index (χ3v) is 3.70. The van der Waals surface area contributed by atoms with Gasteiger partial charge in [-0.15, -0.1) is 0 Å². The van der Waals surface area contributed by atoms with Crippen LogP contribution in [0.5, 0.6) is 0 Å². The molecule has 2 rings (SSSR count). The lowest BCUT2D eigenvalue weighted by Crippen LogP contribution is -2.36. The van der Waals surface area contributed by atoms with Gasteiger partial charge in [0, 0.05) is 32.7 Å². The molecule has 1 aromatic rings. The number of hydrogen-bond acceptors (Lipinski definition) is 7. The van der Waals surface area contributed by atoms with Crippen LogP contribution in [-0.2, 0) is 0 Å². The summed E-state index contributed by atoms with van der Waals surface area (Å²) >= 11 is 0. The molecule has 2 N–H and O–H groups in total. The summed E-state index contributed by atoms with van der Waals surface area (Å²) in [6.07, 6.45) is 3.64. The summed E-state index contributed by atoms with van der Waals surface area (Å²) in [6.45, 7) is 6.72. The maximum atomic E-state index is 9.25. The van der Waals surface area contributed by atoms with Crippen molar-refractivity contribution in [3.8, 4) is 0 Å². The number of piperidine rings is 1. The highest BCUT2D eigenvalue weighted by atomic mass is 16.3. The molecule has 0 bridgehead atoms. The van der Waals surface area contributed by atoms with Crippen LogP contribution in [0.2, 0.25) is 0 Å². The van der Waals surface area contributed by atoms with Crippen LogP contribution in [0.3, 0.4) is 0 Å². The minimum atomic E-state index is 0.0811. The van der Waals surface area contributed by atoms with Gasteiger partial charge in [-0.25, -0.2) is 0 Å². The molecule has 1 saturated heterocycles. The minimum absolute atomic E-state index is 0.0811. The van der Waals surface area contributed by atoms with E-state index in [9.17, 15) is 5.11 Å². The average molecular weight is 294 g/mol. The highest BCUT2D eigenvalue weighted by molar-refractivity contribution is 5.45. The van der Waals surface area contributed by atoms with Gasteiger partial charge in [-0.2, -0.15) is 15.0 Å². The van der Waals surface area contributed by atoms with Crippen LogP contribution >= 0.6 is 0 Å². The Kier molecular flexibility index (Phi) is 5.55. The van der Waals surface area contributed by atoms with Crippen molar-refractivity contribution < 1.29 is 5.11 Å². The molecule has 1 aliphatic heterocycles. The van der Waals surface area contributed by atoms with Crippen molar-refractivity contribution in [2.24, 2.45) is 0 Å². The van der Waals surface area contributed by atoms with Crippen molar-refractivity contribution in [3.63, 3.8) is 0 Å². The lowest BCUT2D eigenvalue weighted by molar-refractivity contribution is 0.298. The van der Waals surface area contributed by atoms with Crippen LogP contribution in [0.15, 0.2) is 0 Å². The Balaban J connectivity index is 2.31. The van der Waals surface area contributed by atoms with Crippen molar-refractivity contribution in [1.82, 2.24) is 15.0 Å². The second-order valence-electron chi connectivity index (χ2n) is 5.57. The predicted octanol–water partition coefficient (Wildman–Crippen LogP) is 1.11. The molecule has 2 heterocycles. The van der Waals surface area contributed by atoms with Crippen LogP contribution < -0.4 is 15.1 Å². The molecule has 0 amide bonds. The Morgan fingerprint density at radius 1 is 1.19 bits per heavy atom. The Morgan fingerprint density at radius 3 is 2.48 bits per heavy atom. The van der Waals surface area contributed by atoms with Gasteiger partial charge < -0.3 is 20.2 Å². The molecule has 0 aromatic carbocycles. The first-order valence-corrected chi connectivity index (χ1v) is 7.72. The Bertz CT molecular complexity index is 447. The molecule has 7 heteroatoms. The Hall–Kier alpha value is -1.63. The third-order valence-electron chi connectivity index (χ3n) is 3.70. The van der Waals surface area contributed by atoms with Crippen LogP contribution in [0.4, 0.5) is 17.8 Å². The van der Waals surface area contributed by atoms with E-state index in [2.05, 4.69) is 39.0 Å². The zero-order chi connectivity index (χ0) is 15.2. The molecule has 0 atom stereocenters. The molecule has 1 aromatic heterocycles. The number of anilines is 3. The van der Waals surface area contributed by atoms with Crippen molar-refractivity contribution >= 4 is 17.8 Å². The van der Waals surface area contributed by atoms with Crippen LogP contribution in [-0.4, -0.2) is 59.4 Å². The molecule has 21 heavy (non-hydrogen) atoms. The summed E-state index contributed by atoms with van der Waals surface area (Å²) < 4.78 is 0. The summed E-state index contributed by atoms with van der Waals surface area (Å²) in [5.41, 5.74) is 0. The van der Waals surface area contributed by atoms with Gasteiger partial charge in [0.25, 0.3) is 0 Å². The fraction of sp³-hybridized carbons (Fsp3) is 0.786. The monoisotopic (exact) mass is 294 g/mol. The number of rotatable bonds is 6. The number of aliphatic hydroxyl groups is 1. The zero-order valence-electron chi connectivity index (χ0n) is 13.2. The lowest BCUT2D eigenvalue weighted by Gasteiger charge is -2.30. The maximum Gasteiger partial charge on any atom is 0.232 e. The summed E-state index contributed by atoms with van der Waals surface area (Å²) in [6, 6.07) is 0.221. The molecule has 0 unspecified atom stereocenters. The summed E-state index contributed by atoms with van der Waals surface area (Å²) in [5.74, 6) is 1.93. The van der Waals surface area contributed by atoms with Crippen LogP contribution in [0.1, 0.15) is 33.1 Å². The van der Waals surface area contributed by atoms with Gasteiger partial charge in [0.05, 0.1) is 6.61 Å². The van der Waals surface area contributed by atoms with E-state index in [1.54, 1.807) is 0 Å². The summed E-state index contributed by atoms with van der Waals surface area (Å²) in [5, 5.41) is 12.3. The minimum Gasteiger partial charge on any atom is -0.395 e. The number of aliphatic hydroxyl groups excluding tert-OH is 1. The molecule has 0 radical (unpaired) electrons. The topological polar surface area (TPSA) is 77.4 Å². The number of nitrogens with zero attached hydrogens (tertiary/aromatic N) is 5. The van der Waals surface area contributed by atoms with Gasteiger partial charge in [-0.05, 0) is 33.1 Å². The largest absolute Gasteiger partial charge is 0.395 e. The maximum absolute atomic E-state index is 9.25. The van der Waals surface area contributed by atoms with E-state index >= 15 is 0 Å². The summed E-state index contributed by atoms with van der Waals surface area (Å²) in [7, 11) is 1.81. The van der Waals surface area contributed by atoms with Crippen molar-refractivity contribution in [2.75, 3.05) is 48.4 Å². The molecule has 1 aliphatic rings. The number of nitrogens with one attached hydrogen (secondary N) is 1. The zero-order valence-corrected chi connectivity index (χ0v) is 13.2. The van der Waals surface area contributed by atoms with Crippen molar-refractivity contribution in [2.45, 2.75) is 39.2 Å². The molecule has 0 saturated carbocycles. The predicted molar refractivity (Wildman–Crippen MR) is 85.0 cm³/mol. The van der Waals surface area contributed by atoms with E-state index in [0.29, 0.717) is 18.4 Å². The Morgan fingerprint density at radius 2 is 1.90 bits per heavy atom. The quantitative estimate of drug-likeness (QED) is 0.813. The molecule has 118 valence electrons. The molecule has 0 spiro atoms. The molecule has 1 fully saturated rings. The first-order valence-electron chi connectivity index (χ1n) is 7.72. The van der Waals surface area contributed by atoms with Crippen LogP contribution in [0.25, 0.3) is 0 Å². The van der Waals surface area contributed by atoms with E-state index in [-0.39, 0.29) is 12.6 Å². The van der Waals surface area contributed by atoms with Gasteiger partial charge in [-0.1, -0.05) is 0 Å². The fourth-order valence-electron chi connectivity index (χ4n) is 2.53. The van der Waals surface area contributed by atoms with E-state index < -0.39 is 0 Å². The van der Waals surface area contributed by atoms with Gasteiger partial charge in [0.15, 0.2) is 0 Å². The lowest BCUT2D eigenvalue weighted by atomic mass is 10.1. The van der Waals surface area contributed by atoms with E-state index in [1.165, 1.54) is 19.3 Å². The van der Waals surface area contributed by atoms with E-state index in [0.717, 1.165) is 19.0 Å². The van der Waals surface area contributed by atoms with Crippen LogP contribution in [0, 0.1) is 0 Å². The van der Waals surface area contributed by atoms with Crippen molar-refractivity contribution in [1.29, 1.82) is 0 Å². The van der Waals surface area contributed by atoms with Crippen molar-refractivity contribution in [3.05, 3.63) is 0 Å². The SMILES string of the molecule is CNc1nc(N2CCCCC2)nc(N(CCO)C(C)C)n1. The fourth-order valence-corrected chi connectivity index (χ4v) is 2.53. The molecular weight excluding hydrogens is 268 g/mol. The number of hydrogen-bond donors (Lipinski definition) is 2. The first-order chi connectivity index (χ1) is 10.2. The molecular formula is C14H26N6O. The highest BCUT2D eigenvalue weighted by Crippen LogP contribution is 2.21. The highest BCUT2D eigenvalue weighted by Gasteiger charge is 2.19. The standard InChI is InChI=1S/C14H26N6O/c1-11(2)20(9-10-21)14-17-12(15-3)16-13(18-14)19-7-5-4-6-8-19/h11,21H,4-10H2,1-3H3,(H,15,16,17,18). The van der Waals surface area contributed by atoms with Gasteiger partial charge >= 0.3 is 0 Å². The normalized spacial score (nSPS) is 15.4.